The molecule has 0 aliphatic carbocycles. The molecule has 1 aliphatic rings. The number of aromatic nitrogens is 3. The summed E-state index contributed by atoms with van der Waals surface area (Å²) in [6, 6.07) is 10.3. The van der Waals surface area contributed by atoms with E-state index in [2.05, 4.69) is 26.4 Å². The first-order valence-corrected chi connectivity index (χ1v) is 9.19. The van der Waals surface area contributed by atoms with E-state index in [0.717, 1.165) is 41.4 Å². The van der Waals surface area contributed by atoms with Gasteiger partial charge in [0.05, 0.1) is 30.0 Å². The van der Waals surface area contributed by atoms with Crippen LogP contribution >= 0.6 is 0 Å². The van der Waals surface area contributed by atoms with Gasteiger partial charge in [0, 0.05) is 25.1 Å². The lowest BCUT2D eigenvalue weighted by molar-refractivity contribution is 0.245. The topological polar surface area (TPSA) is 51.1 Å². The second-order valence-electron chi connectivity index (χ2n) is 6.82. The van der Waals surface area contributed by atoms with Gasteiger partial charge in [-0.3, -0.25) is 4.98 Å². The Morgan fingerprint density at radius 3 is 2.50 bits per heavy atom. The largest absolute Gasteiger partial charge is 0.483 e. The molecule has 28 heavy (non-hydrogen) atoms. The van der Waals surface area contributed by atoms with Crippen LogP contribution in [0.25, 0.3) is 0 Å². The Labute approximate surface area is 163 Å². The van der Waals surface area contributed by atoms with Crippen LogP contribution in [0.3, 0.4) is 0 Å². The van der Waals surface area contributed by atoms with Crippen LogP contribution in [0.15, 0.2) is 67.3 Å². The van der Waals surface area contributed by atoms with Crippen molar-refractivity contribution in [1.82, 2.24) is 15.0 Å². The molecule has 5 nitrogen and oxygen atoms in total. The fourth-order valence-corrected chi connectivity index (χ4v) is 3.24. The molecular formula is C22H21FN4O. The predicted octanol–water partition coefficient (Wildman–Crippen LogP) is 4.08. The highest BCUT2D eigenvalue weighted by Crippen LogP contribution is 2.29. The lowest BCUT2D eigenvalue weighted by Gasteiger charge is -2.21. The Hall–Kier alpha value is -3.28. The molecule has 0 unspecified atom stereocenters. The van der Waals surface area contributed by atoms with Gasteiger partial charge in [-0.25, -0.2) is 14.4 Å². The van der Waals surface area contributed by atoms with Crippen molar-refractivity contribution in [3.8, 4) is 5.75 Å². The van der Waals surface area contributed by atoms with E-state index < -0.39 is 0 Å². The van der Waals surface area contributed by atoms with Crippen LogP contribution in [0, 0.1) is 12.7 Å². The standard InChI is InChI=1S/C22H21FN4O/c1-15-22(9-10-27(15)20-12-24-16(2)25-13-20)28-21-8-7-19(26-14-21)11-17-3-5-18(23)6-4-17/h3-8,12-14,22H,1,9-11H2,2H3/t22-/m1/s1. The van der Waals surface area contributed by atoms with E-state index in [4.69, 9.17) is 4.74 Å². The van der Waals surface area contributed by atoms with Crippen molar-refractivity contribution >= 4 is 5.69 Å². The number of pyridine rings is 1. The molecule has 0 bridgehead atoms. The maximum atomic E-state index is 13.0. The molecule has 1 saturated heterocycles. The third kappa shape index (κ3) is 4.01. The number of ether oxygens (including phenoxy) is 1. The van der Waals surface area contributed by atoms with Crippen molar-refractivity contribution in [2.45, 2.75) is 25.9 Å². The lowest BCUT2D eigenvalue weighted by Crippen LogP contribution is -2.21. The van der Waals surface area contributed by atoms with Gasteiger partial charge in [-0.2, -0.15) is 0 Å². The van der Waals surface area contributed by atoms with Gasteiger partial charge in [-0.1, -0.05) is 18.7 Å². The molecule has 1 aliphatic heterocycles. The van der Waals surface area contributed by atoms with E-state index in [-0.39, 0.29) is 11.9 Å². The van der Waals surface area contributed by atoms with Crippen molar-refractivity contribution < 1.29 is 9.13 Å². The lowest BCUT2D eigenvalue weighted by atomic mass is 10.1. The summed E-state index contributed by atoms with van der Waals surface area (Å²) in [5.74, 6) is 1.22. The first-order chi connectivity index (χ1) is 13.6. The third-order valence-electron chi connectivity index (χ3n) is 4.79. The first-order valence-electron chi connectivity index (χ1n) is 9.19. The van der Waals surface area contributed by atoms with Crippen LogP contribution in [-0.4, -0.2) is 27.6 Å². The average Bonchev–Trinajstić information content (AvgIpc) is 3.06. The number of hydrogen-bond donors (Lipinski definition) is 0. The van der Waals surface area contributed by atoms with Gasteiger partial charge in [-0.05, 0) is 36.8 Å². The van der Waals surface area contributed by atoms with Gasteiger partial charge in [0.2, 0.25) is 0 Å². The summed E-state index contributed by atoms with van der Waals surface area (Å²) in [5.41, 5.74) is 3.74. The quantitative estimate of drug-likeness (QED) is 0.672. The van der Waals surface area contributed by atoms with E-state index in [1.807, 2.05) is 31.5 Å². The Kier molecular flexibility index (Phi) is 5.02. The van der Waals surface area contributed by atoms with Gasteiger partial charge in [0.15, 0.2) is 0 Å². The smallest absolute Gasteiger partial charge is 0.140 e. The summed E-state index contributed by atoms with van der Waals surface area (Å²) in [6.07, 6.45) is 6.72. The van der Waals surface area contributed by atoms with Crippen molar-refractivity contribution in [1.29, 1.82) is 0 Å². The third-order valence-corrected chi connectivity index (χ3v) is 4.79. The Bertz CT molecular complexity index is 955. The molecule has 3 aromatic rings. The molecule has 6 heteroatoms. The minimum Gasteiger partial charge on any atom is -0.483 e. The molecule has 0 saturated carbocycles. The van der Waals surface area contributed by atoms with Crippen LogP contribution in [0.5, 0.6) is 5.75 Å². The van der Waals surface area contributed by atoms with Crippen LogP contribution in [0.4, 0.5) is 10.1 Å². The second-order valence-corrected chi connectivity index (χ2v) is 6.82. The van der Waals surface area contributed by atoms with Crippen molar-refractivity contribution in [2.75, 3.05) is 11.4 Å². The number of benzene rings is 1. The van der Waals surface area contributed by atoms with Crippen molar-refractivity contribution in [3.63, 3.8) is 0 Å². The Balaban J connectivity index is 1.38. The molecule has 3 heterocycles. The molecule has 1 fully saturated rings. The van der Waals surface area contributed by atoms with Gasteiger partial charge in [-0.15, -0.1) is 0 Å². The van der Waals surface area contributed by atoms with Gasteiger partial charge in [0.1, 0.15) is 23.5 Å². The minimum absolute atomic E-state index is 0.106. The summed E-state index contributed by atoms with van der Waals surface area (Å²) in [7, 11) is 0. The van der Waals surface area contributed by atoms with E-state index in [0.29, 0.717) is 12.2 Å². The van der Waals surface area contributed by atoms with Crippen LogP contribution in [0.2, 0.25) is 0 Å². The highest BCUT2D eigenvalue weighted by Gasteiger charge is 2.29. The summed E-state index contributed by atoms with van der Waals surface area (Å²) in [5, 5.41) is 0. The normalized spacial score (nSPS) is 16.4. The second kappa shape index (κ2) is 7.76. The van der Waals surface area contributed by atoms with E-state index >= 15 is 0 Å². The predicted molar refractivity (Wildman–Crippen MR) is 106 cm³/mol. The van der Waals surface area contributed by atoms with Crippen LogP contribution in [0.1, 0.15) is 23.5 Å². The zero-order chi connectivity index (χ0) is 19.5. The number of hydrogen-bond acceptors (Lipinski definition) is 5. The molecule has 142 valence electrons. The highest BCUT2D eigenvalue weighted by atomic mass is 19.1. The summed E-state index contributed by atoms with van der Waals surface area (Å²) < 4.78 is 19.1. The minimum atomic E-state index is -0.233. The fraction of sp³-hybridized carbons (Fsp3) is 0.227. The van der Waals surface area contributed by atoms with E-state index in [1.54, 1.807) is 18.3 Å². The molecular weight excluding hydrogens is 355 g/mol. The zero-order valence-corrected chi connectivity index (χ0v) is 15.7. The molecule has 0 radical (unpaired) electrons. The fourth-order valence-electron chi connectivity index (χ4n) is 3.24. The monoisotopic (exact) mass is 376 g/mol. The van der Waals surface area contributed by atoms with Crippen LogP contribution in [-0.2, 0) is 6.42 Å². The molecule has 0 spiro atoms. The molecule has 1 aromatic carbocycles. The summed E-state index contributed by atoms with van der Waals surface area (Å²) in [6.45, 7) is 6.86. The molecule has 1 atom stereocenters. The maximum absolute atomic E-state index is 13.0. The summed E-state index contributed by atoms with van der Waals surface area (Å²) >= 11 is 0. The zero-order valence-electron chi connectivity index (χ0n) is 15.7. The van der Waals surface area contributed by atoms with Crippen LogP contribution < -0.4 is 9.64 Å². The molecule has 4 rings (SSSR count). The van der Waals surface area contributed by atoms with Gasteiger partial charge < -0.3 is 9.64 Å². The maximum Gasteiger partial charge on any atom is 0.140 e. The number of anilines is 1. The molecule has 2 aromatic heterocycles. The number of aryl methyl sites for hydroxylation is 1. The van der Waals surface area contributed by atoms with E-state index in [9.17, 15) is 4.39 Å². The summed E-state index contributed by atoms with van der Waals surface area (Å²) in [4.78, 5) is 15.1. The molecule has 0 amide bonds. The Morgan fingerprint density at radius 1 is 1.07 bits per heavy atom. The van der Waals surface area contributed by atoms with Gasteiger partial charge >= 0.3 is 0 Å². The molecule has 0 N–H and O–H groups in total. The van der Waals surface area contributed by atoms with E-state index in [1.165, 1.54) is 12.1 Å². The number of rotatable bonds is 5. The van der Waals surface area contributed by atoms with Gasteiger partial charge in [0.25, 0.3) is 0 Å². The average molecular weight is 376 g/mol. The number of nitrogens with zero attached hydrogens (tertiary/aromatic N) is 4. The van der Waals surface area contributed by atoms with Crippen molar-refractivity contribution in [3.05, 3.63) is 90.2 Å². The highest BCUT2D eigenvalue weighted by molar-refractivity contribution is 5.51. The first kappa shape index (κ1) is 18.1. The SMILES string of the molecule is C=C1[C@H](Oc2ccc(Cc3ccc(F)cc3)nc2)CCN1c1cnc(C)nc1. The van der Waals surface area contributed by atoms with Crippen molar-refractivity contribution in [2.24, 2.45) is 0 Å². The number of halogens is 1. The Morgan fingerprint density at radius 2 is 1.82 bits per heavy atom.